The molecule has 7 heteroatoms. The Balaban J connectivity index is 2.73. The Morgan fingerprint density at radius 1 is 1.65 bits per heavy atom. The number of amides is 1. The smallest absolute Gasteiger partial charge is 0.303 e. The van der Waals surface area contributed by atoms with Gasteiger partial charge in [0.15, 0.2) is 0 Å². The number of carbonyl (C=O) groups is 1. The van der Waals surface area contributed by atoms with Gasteiger partial charge in [-0.05, 0) is 13.3 Å². The molecule has 0 bridgehead atoms. The third-order valence-corrected chi connectivity index (χ3v) is 4.62. The van der Waals surface area contributed by atoms with Crippen LogP contribution in [0.4, 0.5) is 0 Å². The molecule has 17 heavy (non-hydrogen) atoms. The molecule has 0 aromatic rings. The lowest BCUT2D eigenvalue weighted by Crippen LogP contribution is -2.50. The van der Waals surface area contributed by atoms with Crippen molar-refractivity contribution in [2.75, 3.05) is 13.6 Å². The molecule has 0 aromatic heterocycles. The molecule has 1 rings (SSSR count). The van der Waals surface area contributed by atoms with Crippen molar-refractivity contribution in [3.63, 3.8) is 0 Å². The van der Waals surface area contributed by atoms with Gasteiger partial charge in [-0.2, -0.15) is 12.7 Å². The number of rotatable bonds is 5. The van der Waals surface area contributed by atoms with Crippen LogP contribution in [0, 0.1) is 5.92 Å². The number of nitrogens with one attached hydrogen (secondary N) is 1. The van der Waals surface area contributed by atoms with Gasteiger partial charge in [0.25, 0.3) is 5.91 Å². The summed E-state index contributed by atoms with van der Waals surface area (Å²) in [5, 5.41) is 0. The summed E-state index contributed by atoms with van der Waals surface area (Å²) in [7, 11) is -2.39. The van der Waals surface area contributed by atoms with Crippen LogP contribution in [-0.2, 0) is 15.0 Å². The summed E-state index contributed by atoms with van der Waals surface area (Å²) in [5.41, 5.74) is 5.51. The molecule has 1 aliphatic carbocycles. The van der Waals surface area contributed by atoms with E-state index in [0.29, 0.717) is 6.42 Å². The Hall–Kier alpha value is -0.920. The van der Waals surface area contributed by atoms with Crippen LogP contribution in [0.3, 0.4) is 0 Å². The van der Waals surface area contributed by atoms with E-state index in [0.717, 1.165) is 9.88 Å². The standard InChI is InChI=1S/C10H19N3O3S/c1-5-13(4)17(15,16)12-9(14)10(11)6-8(10)7(2)3/h8H,2,5-6,11H2,1,3-4H3,(H,12,14)/t8-,10+/m0/s1. The summed E-state index contributed by atoms with van der Waals surface area (Å²) < 4.78 is 26.3. The maximum absolute atomic E-state index is 11.8. The van der Waals surface area contributed by atoms with Gasteiger partial charge in [-0.25, -0.2) is 4.72 Å². The van der Waals surface area contributed by atoms with Crippen LogP contribution in [0.5, 0.6) is 0 Å². The summed E-state index contributed by atoms with van der Waals surface area (Å²) in [4.78, 5) is 11.8. The average Bonchev–Trinajstić information content (AvgIpc) is 2.90. The summed E-state index contributed by atoms with van der Waals surface area (Å²) in [6.07, 6.45) is 0.444. The maximum Gasteiger partial charge on any atom is 0.303 e. The second kappa shape index (κ2) is 4.40. The van der Waals surface area contributed by atoms with Crippen molar-refractivity contribution in [1.29, 1.82) is 0 Å². The van der Waals surface area contributed by atoms with Crippen LogP contribution in [0.25, 0.3) is 0 Å². The monoisotopic (exact) mass is 261 g/mol. The number of nitrogens with zero attached hydrogens (tertiary/aromatic N) is 1. The van der Waals surface area contributed by atoms with E-state index in [1.54, 1.807) is 13.8 Å². The van der Waals surface area contributed by atoms with Gasteiger partial charge in [-0.1, -0.05) is 19.1 Å². The molecule has 1 fully saturated rings. The lowest BCUT2D eigenvalue weighted by molar-refractivity contribution is -0.121. The Morgan fingerprint density at radius 3 is 2.53 bits per heavy atom. The Morgan fingerprint density at radius 2 is 2.18 bits per heavy atom. The minimum absolute atomic E-state index is 0.135. The van der Waals surface area contributed by atoms with Gasteiger partial charge in [0, 0.05) is 19.5 Å². The van der Waals surface area contributed by atoms with E-state index in [9.17, 15) is 13.2 Å². The van der Waals surface area contributed by atoms with E-state index in [2.05, 4.69) is 6.58 Å². The summed E-state index contributed by atoms with van der Waals surface area (Å²) in [5.74, 6) is -0.796. The molecule has 0 saturated heterocycles. The first-order chi connectivity index (χ1) is 7.65. The second-order valence-electron chi connectivity index (χ2n) is 4.49. The molecule has 0 aromatic carbocycles. The van der Waals surface area contributed by atoms with Gasteiger partial charge < -0.3 is 5.73 Å². The molecule has 0 unspecified atom stereocenters. The van der Waals surface area contributed by atoms with Gasteiger partial charge in [0.1, 0.15) is 5.54 Å². The zero-order valence-electron chi connectivity index (χ0n) is 10.4. The third kappa shape index (κ3) is 2.67. The Kier molecular flexibility index (Phi) is 3.66. The molecule has 3 N–H and O–H groups in total. The number of hydrogen-bond acceptors (Lipinski definition) is 4. The van der Waals surface area contributed by atoms with Crippen LogP contribution in [0.1, 0.15) is 20.3 Å². The first-order valence-electron chi connectivity index (χ1n) is 5.38. The number of nitrogens with two attached hydrogens (primary N) is 1. The number of carbonyl (C=O) groups excluding carboxylic acids is 1. The van der Waals surface area contributed by atoms with Crippen LogP contribution in [-0.4, -0.2) is 37.8 Å². The SMILES string of the molecule is C=C(C)[C@@H]1C[C@]1(N)C(=O)NS(=O)(=O)N(C)CC. The van der Waals surface area contributed by atoms with Gasteiger partial charge in [0.05, 0.1) is 0 Å². The van der Waals surface area contributed by atoms with E-state index in [1.165, 1.54) is 7.05 Å². The fourth-order valence-electron chi connectivity index (χ4n) is 1.60. The molecular formula is C10H19N3O3S. The molecule has 6 nitrogen and oxygen atoms in total. The van der Waals surface area contributed by atoms with Crippen molar-refractivity contribution in [3.8, 4) is 0 Å². The molecule has 1 saturated carbocycles. The molecule has 1 amide bonds. The highest BCUT2D eigenvalue weighted by Gasteiger charge is 2.58. The van der Waals surface area contributed by atoms with E-state index >= 15 is 0 Å². The predicted molar refractivity (Wildman–Crippen MR) is 65.2 cm³/mol. The van der Waals surface area contributed by atoms with Crippen LogP contribution in [0.15, 0.2) is 12.2 Å². The van der Waals surface area contributed by atoms with E-state index in [-0.39, 0.29) is 12.5 Å². The molecule has 0 spiro atoms. The Bertz CT molecular complexity index is 446. The van der Waals surface area contributed by atoms with Crippen molar-refractivity contribution in [2.24, 2.45) is 11.7 Å². The topological polar surface area (TPSA) is 92.5 Å². The number of hydrogen-bond donors (Lipinski definition) is 2. The van der Waals surface area contributed by atoms with Gasteiger partial charge >= 0.3 is 10.2 Å². The van der Waals surface area contributed by atoms with Gasteiger partial charge in [-0.15, -0.1) is 0 Å². The molecule has 0 aliphatic heterocycles. The van der Waals surface area contributed by atoms with Crippen LogP contribution in [0.2, 0.25) is 0 Å². The zero-order valence-corrected chi connectivity index (χ0v) is 11.2. The van der Waals surface area contributed by atoms with Crippen molar-refractivity contribution in [1.82, 2.24) is 9.03 Å². The molecule has 0 heterocycles. The van der Waals surface area contributed by atoms with Crippen molar-refractivity contribution >= 4 is 16.1 Å². The van der Waals surface area contributed by atoms with Crippen LogP contribution < -0.4 is 10.5 Å². The molecule has 1 aliphatic rings. The minimum atomic E-state index is -3.78. The summed E-state index contributed by atoms with van der Waals surface area (Å²) >= 11 is 0. The summed E-state index contributed by atoms with van der Waals surface area (Å²) in [6.45, 7) is 7.46. The highest BCUT2D eigenvalue weighted by atomic mass is 32.2. The first-order valence-corrected chi connectivity index (χ1v) is 6.82. The average molecular weight is 261 g/mol. The predicted octanol–water partition coefficient (Wildman–Crippen LogP) is -0.407. The van der Waals surface area contributed by atoms with Crippen molar-refractivity contribution < 1.29 is 13.2 Å². The van der Waals surface area contributed by atoms with E-state index in [1.807, 2.05) is 4.72 Å². The molecule has 2 atom stereocenters. The lowest BCUT2D eigenvalue weighted by Gasteiger charge is -2.18. The molecule has 0 radical (unpaired) electrons. The van der Waals surface area contributed by atoms with Crippen molar-refractivity contribution in [3.05, 3.63) is 12.2 Å². The molecular weight excluding hydrogens is 242 g/mol. The van der Waals surface area contributed by atoms with Gasteiger partial charge in [0.2, 0.25) is 0 Å². The van der Waals surface area contributed by atoms with Gasteiger partial charge in [-0.3, -0.25) is 4.79 Å². The highest BCUT2D eigenvalue weighted by molar-refractivity contribution is 7.87. The third-order valence-electron chi connectivity index (χ3n) is 3.10. The fourth-order valence-corrected chi connectivity index (χ4v) is 2.52. The first kappa shape index (κ1) is 14.1. The highest BCUT2D eigenvalue weighted by Crippen LogP contribution is 2.45. The quantitative estimate of drug-likeness (QED) is 0.658. The minimum Gasteiger partial charge on any atom is -0.317 e. The molecule has 98 valence electrons. The maximum atomic E-state index is 11.8. The van der Waals surface area contributed by atoms with E-state index < -0.39 is 21.7 Å². The zero-order chi connectivity index (χ0) is 13.4. The summed E-state index contributed by atoms with van der Waals surface area (Å²) in [6, 6.07) is 0. The van der Waals surface area contributed by atoms with Crippen molar-refractivity contribution in [2.45, 2.75) is 25.8 Å². The van der Waals surface area contributed by atoms with Crippen LogP contribution >= 0.6 is 0 Å². The van der Waals surface area contributed by atoms with E-state index in [4.69, 9.17) is 5.73 Å². The normalized spacial score (nSPS) is 27.9. The Labute approximate surface area is 102 Å². The fraction of sp³-hybridized carbons (Fsp3) is 0.700. The largest absolute Gasteiger partial charge is 0.317 e. The lowest BCUT2D eigenvalue weighted by atomic mass is 10.1. The second-order valence-corrected chi connectivity index (χ2v) is 6.27.